The van der Waals surface area contributed by atoms with Crippen LogP contribution in [0.2, 0.25) is 0 Å². The van der Waals surface area contributed by atoms with E-state index >= 15 is 0 Å². The van der Waals surface area contributed by atoms with E-state index in [1.54, 1.807) is 12.1 Å². The Hall–Kier alpha value is -1.94. The van der Waals surface area contributed by atoms with Gasteiger partial charge in [0.1, 0.15) is 5.76 Å². The third-order valence-electron chi connectivity index (χ3n) is 5.73. The molecule has 0 radical (unpaired) electrons. The topological polar surface area (TPSA) is 52.9 Å². The molecule has 5 rings (SSSR count). The number of piperidine rings is 1. The zero-order valence-electron chi connectivity index (χ0n) is 11.8. The molecule has 2 bridgehead atoms. The minimum Gasteiger partial charge on any atom is -0.508 e. The summed E-state index contributed by atoms with van der Waals surface area (Å²) in [6, 6.07) is 4.09. The molecule has 1 aromatic carbocycles. The van der Waals surface area contributed by atoms with Gasteiger partial charge < -0.3 is 14.9 Å². The summed E-state index contributed by atoms with van der Waals surface area (Å²) in [7, 11) is 2.16. The van der Waals surface area contributed by atoms with Crippen LogP contribution in [0.5, 0.6) is 11.5 Å². The highest BCUT2D eigenvalue weighted by molar-refractivity contribution is 5.67. The van der Waals surface area contributed by atoms with Crippen molar-refractivity contribution in [1.29, 1.82) is 0 Å². The van der Waals surface area contributed by atoms with E-state index in [1.165, 1.54) is 11.1 Å². The van der Waals surface area contributed by atoms with Crippen LogP contribution in [0.4, 0.5) is 0 Å². The number of hydrogen-bond donors (Lipinski definition) is 2. The van der Waals surface area contributed by atoms with Crippen LogP contribution in [0.1, 0.15) is 17.5 Å². The number of nitrogens with zero attached hydrogens (tertiary/aromatic N) is 1. The maximum atomic E-state index is 10.3. The average Bonchev–Trinajstić information content (AvgIpc) is 2.83. The van der Waals surface area contributed by atoms with E-state index in [0.717, 1.165) is 24.9 Å². The number of aromatic hydroxyl groups is 1. The molecule has 2 heterocycles. The lowest BCUT2D eigenvalue weighted by molar-refractivity contribution is 0.0848. The smallest absolute Gasteiger partial charge is 0.169 e. The number of rotatable bonds is 0. The zero-order valence-corrected chi connectivity index (χ0v) is 11.8. The highest BCUT2D eigenvalue weighted by Crippen LogP contribution is 2.61. The molecule has 1 spiro atoms. The maximum absolute atomic E-state index is 10.3. The van der Waals surface area contributed by atoms with E-state index in [1.807, 2.05) is 6.07 Å². The quantitative estimate of drug-likeness (QED) is 0.765. The van der Waals surface area contributed by atoms with Crippen molar-refractivity contribution in [1.82, 2.24) is 4.90 Å². The first-order chi connectivity index (χ1) is 10.1. The van der Waals surface area contributed by atoms with Crippen LogP contribution < -0.4 is 4.74 Å². The van der Waals surface area contributed by atoms with Crippen LogP contribution >= 0.6 is 0 Å². The van der Waals surface area contributed by atoms with Gasteiger partial charge in [0.15, 0.2) is 17.6 Å². The van der Waals surface area contributed by atoms with E-state index < -0.39 is 0 Å². The second-order valence-electron chi connectivity index (χ2n) is 6.58. The number of benzene rings is 1. The summed E-state index contributed by atoms with van der Waals surface area (Å²) in [4.78, 5) is 2.39. The molecular formula is C17H17NO3. The molecule has 2 N–H and O–H groups in total. The van der Waals surface area contributed by atoms with Crippen LogP contribution in [-0.4, -0.2) is 40.9 Å². The van der Waals surface area contributed by atoms with Crippen molar-refractivity contribution in [3.8, 4) is 11.5 Å². The Balaban J connectivity index is 1.89. The lowest BCUT2D eigenvalue weighted by Gasteiger charge is -2.52. The lowest BCUT2D eigenvalue weighted by atomic mass is 9.57. The minimum atomic E-state index is -0.379. The van der Waals surface area contributed by atoms with Crippen LogP contribution in [0.3, 0.4) is 0 Å². The second-order valence-corrected chi connectivity index (χ2v) is 6.58. The molecule has 0 amide bonds. The molecule has 1 fully saturated rings. The molecule has 21 heavy (non-hydrogen) atoms. The first-order valence-corrected chi connectivity index (χ1v) is 7.46. The fourth-order valence-electron chi connectivity index (χ4n) is 4.79. The molecule has 3 atom stereocenters. The van der Waals surface area contributed by atoms with Gasteiger partial charge in [-0.3, -0.25) is 4.90 Å². The third-order valence-corrected chi connectivity index (χ3v) is 5.73. The van der Waals surface area contributed by atoms with Crippen molar-refractivity contribution in [2.45, 2.75) is 30.4 Å². The van der Waals surface area contributed by atoms with E-state index in [2.05, 4.69) is 18.0 Å². The van der Waals surface area contributed by atoms with Gasteiger partial charge in [0, 0.05) is 11.6 Å². The Morgan fingerprint density at radius 2 is 2.14 bits per heavy atom. The van der Waals surface area contributed by atoms with Gasteiger partial charge in [-0.05, 0) is 49.7 Å². The SMILES string of the molecule is CN1CC[C@@]23C4=CC=C(O)[C@@H]2Oc2c(O)ccc(c23)C[C@H]41. The van der Waals surface area contributed by atoms with Gasteiger partial charge in [0.2, 0.25) is 0 Å². The summed E-state index contributed by atoms with van der Waals surface area (Å²) in [6.45, 7) is 0.976. The summed E-state index contributed by atoms with van der Waals surface area (Å²) < 4.78 is 6.03. The van der Waals surface area contributed by atoms with Gasteiger partial charge in [-0.2, -0.15) is 0 Å². The van der Waals surface area contributed by atoms with Crippen molar-refractivity contribution < 1.29 is 14.9 Å². The number of phenolic OH excluding ortho intramolecular Hbond substituents is 1. The Morgan fingerprint density at radius 3 is 3.00 bits per heavy atom. The number of aliphatic hydroxyl groups excluding tert-OH is 1. The Kier molecular flexibility index (Phi) is 1.92. The summed E-state index contributed by atoms with van der Waals surface area (Å²) >= 11 is 0. The number of phenols is 1. The van der Waals surface area contributed by atoms with Gasteiger partial charge in [-0.1, -0.05) is 12.1 Å². The lowest BCUT2D eigenvalue weighted by Crippen LogP contribution is -2.58. The van der Waals surface area contributed by atoms with Crippen molar-refractivity contribution in [2.75, 3.05) is 13.6 Å². The summed E-state index contributed by atoms with van der Waals surface area (Å²) in [5.74, 6) is 1.03. The van der Waals surface area contributed by atoms with Crippen molar-refractivity contribution >= 4 is 0 Å². The summed E-state index contributed by atoms with van der Waals surface area (Å²) in [5, 5.41) is 20.5. The molecular weight excluding hydrogens is 266 g/mol. The Bertz CT molecular complexity index is 736. The van der Waals surface area contributed by atoms with E-state index in [0.29, 0.717) is 11.8 Å². The number of aliphatic hydroxyl groups is 1. The molecule has 4 aliphatic rings. The normalized spacial score (nSPS) is 35.7. The van der Waals surface area contributed by atoms with Crippen molar-refractivity contribution in [3.05, 3.63) is 46.7 Å². The average molecular weight is 283 g/mol. The van der Waals surface area contributed by atoms with Crippen molar-refractivity contribution in [3.63, 3.8) is 0 Å². The number of hydrogen-bond acceptors (Lipinski definition) is 4. The van der Waals surface area contributed by atoms with Gasteiger partial charge in [-0.15, -0.1) is 0 Å². The molecule has 4 heteroatoms. The Labute approximate surface area is 123 Å². The van der Waals surface area contributed by atoms with Gasteiger partial charge >= 0.3 is 0 Å². The molecule has 4 nitrogen and oxygen atoms in total. The van der Waals surface area contributed by atoms with Crippen LogP contribution in [0.15, 0.2) is 35.6 Å². The minimum absolute atomic E-state index is 0.182. The predicted octanol–water partition coefficient (Wildman–Crippen LogP) is 2.03. The fourth-order valence-corrected chi connectivity index (χ4v) is 4.79. The molecule has 0 unspecified atom stereocenters. The van der Waals surface area contributed by atoms with E-state index in [4.69, 9.17) is 4.74 Å². The summed E-state index contributed by atoms with van der Waals surface area (Å²) in [5.41, 5.74) is 3.41. The molecule has 1 aromatic rings. The van der Waals surface area contributed by atoms with Gasteiger partial charge in [-0.25, -0.2) is 0 Å². The summed E-state index contributed by atoms with van der Waals surface area (Å²) in [6.07, 6.45) is 5.31. The Morgan fingerprint density at radius 1 is 1.29 bits per heavy atom. The molecule has 0 aromatic heterocycles. The first kappa shape index (κ1) is 11.7. The number of allylic oxidation sites excluding steroid dienone is 2. The largest absolute Gasteiger partial charge is 0.508 e. The monoisotopic (exact) mass is 283 g/mol. The van der Waals surface area contributed by atoms with Gasteiger partial charge in [0.05, 0.1) is 5.41 Å². The van der Waals surface area contributed by atoms with Crippen molar-refractivity contribution in [2.24, 2.45) is 0 Å². The molecule has 1 saturated heterocycles. The number of likely N-dealkylation sites (tertiary alicyclic amines) is 1. The molecule has 2 aliphatic heterocycles. The van der Waals surface area contributed by atoms with E-state index in [-0.39, 0.29) is 23.0 Å². The zero-order chi connectivity index (χ0) is 14.4. The number of likely N-dealkylation sites (N-methyl/N-ethyl adjacent to an activating group) is 1. The fraction of sp³-hybridized carbons (Fsp3) is 0.412. The van der Waals surface area contributed by atoms with Crippen LogP contribution in [0, 0.1) is 0 Å². The van der Waals surface area contributed by atoms with Gasteiger partial charge in [0.25, 0.3) is 0 Å². The number of ether oxygens (including phenoxy) is 1. The van der Waals surface area contributed by atoms with Crippen LogP contribution in [-0.2, 0) is 11.8 Å². The maximum Gasteiger partial charge on any atom is 0.169 e. The third kappa shape index (κ3) is 1.14. The molecule has 108 valence electrons. The molecule has 0 saturated carbocycles. The molecule has 2 aliphatic carbocycles. The predicted molar refractivity (Wildman–Crippen MR) is 77.7 cm³/mol. The van der Waals surface area contributed by atoms with E-state index in [9.17, 15) is 10.2 Å². The first-order valence-electron chi connectivity index (χ1n) is 7.46. The standard InChI is InChI=1S/C17H17NO3/c1-18-7-6-17-10-3-5-13(20)16(17)21-15-12(19)4-2-9(14(15)17)8-11(10)18/h2-5,11,16,19-20H,6-8H2,1H3/t11-,16+,17+/m1/s1. The highest BCUT2D eigenvalue weighted by atomic mass is 16.5. The second kappa shape index (κ2) is 3.45. The highest BCUT2D eigenvalue weighted by Gasteiger charge is 2.61. The van der Waals surface area contributed by atoms with Crippen LogP contribution in [0.25, 0.3) is 0 Å².